The van der Waals surface area contributed by atoms with Crippen LogP contribution in [0.4, 0.5) is 5.69 Å². The zero-order valence-corrected chi connectivity index (χ0v) is 16.5. The molecular formula is C21H25N3O4. The van der Waals surface area contributed by atoms with Crippen molar-refractivity contribution in [1.29, 1.82) is 0 Å². The molecule has 0 spiro atoms. The number of hydrazine groups is 1. The van der Waals surface area contributed by atoms with E-state index in [-0.39, 0.29) is 12.5 Å². The van der Waals surface area contributed by atoms with Crippen LogP contribution in [0, 0.1) is 12.3 Å². The molecule has 0 bridgehead atoms. The normalized spacial score (nSPS) is 10.7. The van der Waals surface area contributed by atoms with Crippen molar-refractivity contribution < 1.29 is 19.1 Å². The molecule has 0 saturated carbocycles. The summed E-state index contributed by atoms with van der Waals surface area (Å²) in [7, 11) is 0. The van der Waals surface area contributed by atoms with Gasteiger partial charge in [0.05, 0.1) is 0 Å². The Labute approximate surface area is 164 Å². The lowest BCUT2D eigenvalue weighted by Crippen LogP contribution is -2.43. The molecule has 0 aliphatic carbocycles. The SMILES string of the molecule is Cc1cccc(OCC(=O)NNC(=O)c2cccc(NC(=O)C(C)(C)C)c2)c1. The molecule has 7 heteroatoms. The van der Waals surface area contributed by atoms with E-state index < -0.39 is 17.2 Å². The maximum atomic E-state index is 12.2. The molecule has 0 saturated heterocycles. The Morgan fingerprint density at radius 3 is 2.36 bits per heavy atom. The molecule has 148 valence electrons. The van der Waals surface area contributed by atoms with Gasteiger partial charge in [-0.3, -0.25) is 25.2 Å². The van der Waals surface area contributed by atoms with Crippen LogP contribution in [0.15, 0.2) is 48.5 Å². The van der Waals surface area contributed by atoms with E-state index in [2.05, 4.69) is 16.2 Å². The van der Waals surface area contributed by atoms with Crippen molar-refractivity contribution in [1.82, 2.24) is 10.9 Å². The summed E-state index contributed by atoms with van der Waals surface area (Å²) in [5.41, 5.74) is 5.89. The number of hydrogen-bond acceptors (Lipinski definition) is 4. The Kier molecular flexibility index (Phi) is 6.76. The smallest absolute Gasteiger partial charge is 0.276 e. The van der Waals surface area contributed by atoms with Gasteiger partial charge in [0.2, 0.25) is 5.91 Å². The molecule has 0 atom stereocenters. The zero-order chi connectivity index (χ0) is 20.7. The fourth-order valence-corrected chi connectivity index (χ4v) is 2.15. The summed E-state index contributed by atoms with van der Waals surface area (Å²) in [4.78, 5) is 36.1. The number of benzene rings is 2. The largest absolute Gasteiger partial charge is 0.484 e. The minimum Gasteiger partial charge on any atom is -0.484 e. The van der Waals surface area contributed by atoms with Crippen LogP contribution >= 0.6 is 0 Å². The van der Waals surface area contributed by atoms with Gasteiger partial charge < -0.3 is 10.1 Å². The number of carbonyl (C=O) groups is 3. The topological polar surface area (TPSA) is 96.5 Å². The lowest BCUT2D eigenvalue weighted by Gasteiger charge is -2.18. The molecule has 2 aromatic carbocycles. The van der Waals surface area contributed by atoms with Crippen molar-refractivity contribution in [2.45, 2.75) is 27.7 Å². The van der Waals surface area contributed by atoms with Crippen molar-refractivity contribution in [2.75, 3.05) is 11.9 Å². The van der Waals surface area contributed by atoms with Crippen molar-refractivity contribution in [3.05, 3.63) is 59.7 Å². The molecule has 0 fully saturated rings. The van der Waals surface area contributed by atoms with E-state index in [1.165, 1.54) is 6.07 Å². The predicted octanol–water partition coefficient (Wildman–Crippen LogP) is 2.82. The van der Waals surface area contributed by atoms with E-state index in [4.69, 9.17) is 4.74 Å². The molecule has 0 radical (unpaired) electrons. The number of anilines is 1. The first kappa shape index (κ1) is 21.0. The van der Waals surface area contributed by atoms with Crippen LogP contribution in [0.1, 0.15) is 36.7 Å². The number of hydrogen-bond donors (Lipinski definition) is 3. The van der Waals surface area contributed by atoms with Crippen molar-refractivity contribution >= 4 is 23.4 Å². The monoisotopic (exact) mass is 383 g/mol. The van der Waals surface area contributed by atoms with E-state index >= 15 is 0 Å². The van der Waals surface area contributed by atoms with Gasteiger partial charge in [0.15, 0.2) is 6.61 Å². The van der Waals surface area contributed by atoms with Crippen LogP contribution in [0.2, 0.25) is 0 Å². The maximum absolute atomic E-state index is 12.2. The molecule has 0 aliphatic rings. The van der Waals surface area contributed by atoms with Crippen LogP contribution in [-0.4, -0.2) is 24.3 Å². The van der Waals surface area contributed by atoms with E-state index in [0.29, 0.717) is 17.0 Å². The van der Waals surface area contributed by atoms with Gasteiger partial charge >= 0.3 is 0 Å². The van der Waals surface area contributed by atoms with Crippen LogP contribution in [0.5, 0.6) is 5.75 Å². The maximum Gasteiger partial charge on any atom is 0.276 e. The first-order valence-corrected chi connectivity index (χ1v) is 8.85. The first-order valence-electron chi connectivity index (χ1n) is 8.85. The van der Waals surface area contributed by atoms with Gasteiger partial charge in [-0.15, -0.1) is 0 Å². The molecule has 3 amide bonds. The summed E-state index contributed by atoms with van der Waals surface area (Å²) >= 11 is 0. The molecular weight excluding hydrogens is 358 g/mol. The quantitative estimate of drug-likeness (QED) is 0.692. The highest BCUT2D eigenvalue weighted by Crippen LogP contribution is 2.18. The standard InChI is InChI=1S/C21H25N3O4/c1-14-7-5-10-17(11-14)28-13-18(25)23-24-19(26)15-8-6-9-16(12-15)22-20(27)21(2,3)4/h5-12H,13H2,1-4H3,(H,22,27)(H,23,25)(H,24,26). The van der Waals surface area contributed by atoms with Gasteiger partial charge in [-0.2, -0.15) is 0 Å². The second kappa shape index (κ2) is 9.03. The van der Waals surface area contributed by atoms with Gasteiger partial charge in [-0.05, 0) is 42.8 Å². The highest BCUT2D eigenvalue weighted by Gasteiger charge is 2.21. The van der Waals surface area contributed by atoms with Gasteiger partial charge in [0.25, 0.3) is 11.8 Å². The molecule has 3 N–H and O–H groups in total. The summed E-state index contributed by atoms with van der Waals surface area (Å²) < 4.78 is 5.37. The second-order valence-electron chi connectivity index (χ2n) is 7.39. The highest BCUT2D eigenvalue weighted by atomic mass is 16.5. The minimum absolute atomic E-state index is 0.161. The number of carbonyl (C=O) groups excluding carboxylic acids is 3. The third-order valence-corrected chi connectivity index (χ3v) is 3.74. The van der Waals surface area contributed by atoms with E-state index in [1.54, 1.807) is 45.0 Å². The van der Waals surface area contributed by atoms with Crippen molar-refractivity contribution in [3.8, 4) is 5.75 Å². The molecule has 28 heavy (non-hydrogen) atoms. The Morgan fingerprint density at radius 2 is 1.68 bits per heavy atom. The fourth-order valence-electron chi connectivity index (χ4n) is 2.15. The summed E-state index contributed by atoms with van der Waals surface area (Å²) in [5.74, 6) is -0.585. The van der Waals surface area contributed by atoms with Crippen LogP contribution in [-0.2, 0) is 9.59 Å². The Bertz CT molecular complexity index is 872. The van der Waals surface area contributed by atoms with Crippen LogP contribution in [0.3, 0.4) is 0 Å². The number of rotatable bonds is 5. The number of aryl methyl sites for hydroxylation is 1. The number of amides is 3. The van der Waals surface area contributed by atoms with Gasteiger partial charge in [0.1, 0.15) is 5.75 Å². The summed E-state index contributed by atoms with van der Waals surface area (Å²) in [5, 5.41) is 2.76. The summed E-state index contributed by atoms with van der Waals surface area (Å²) in [6, 6.07) is 13.8. The average Bonchev–Trinajstić information content (AvgIpc) is 2.64. The minimum atomic E-state index is -0.552. The van der Waals surface area contributed by atoms with E-state index in [0.717, 1.165) is 5.56 Å². The lowest BCUT2D eigenvalue weighted by atomic mass is 9.95. The van der Waals surface area contributed by atoms with Gasteiger partial charge in [-0.1, -0.05) is 39.0 Å². The first-order chi connectivity index (χ1) is 13.1. The van der Waals surface area contributed by atoms with Gasteiger partial charge in [-0.25, -0.2) is 0 Å². The molecule has 2 aromatic rings. The lowest BCUT2D eigenvalue weighted by molar-refractivity contribution is -0.124. The van der Waals surface area contributed by atoms with E-state index in [9.17, 15) is 14.4 Å². The molecule has 0 heterocycles. The fraction of sp³-hybridized carbons (Fsp3) is 0.286. The van der Waals surface area contributed by atoms with Gasteiger partial charge in [0, 0.05) is 16.7 Å². The molecule has 7 nitrogen and oxygen atoms in total. The molecule has 0 aromatic heterocycles. The number of nitrogens with one attached hydrogen (secondary N) is 3. The molecule has 0 aliphatic heterocycles. The third-order valence-electron chi connectivity index (χ3n) is 3.74. The second-order valence-corrected chi connectivity index (χ2v) is 7.39. The van der Waals surface area contributed by atoms with Crippen LogP contribution < -0.4 is 20.9 Å². The predicted molar refractivity (Wildman–Crippen MR) is 107 cm³/mol. The van der Waals surface area contributed by atoms with Crippen molar-refractivity contribution in [2.24, 2.45) is 5.41 Å². The third kappa shape index (κ3) is 6.42. The number of ether oxygens (including phenoxy) is 1. The van der Waals surface area contributed by atoms with E-state index in [1.807, 2.05) is 25.1 Å². The Balaban J connectivity index is 1.86. The highest BCUT2D eigenvalue weighted by molar-refractivity contribution is 5.99. The molecule has 0 unspecified atom stereocenters. The Hall–Kier alpha value is -3.35. The van der Waals surface area contributed by atoms with Crippen LogP contribution in [0.25, 0.3) is 0 Å². The summed E-state index contributed by atoms with van der Waals surface area (Å²) in [6.07, 6.45) is 0. The van der Waals surface area contributed by atoms with Crippen molar-refractivity contribution in [3.63, 3.8) is 0 Å². The summed E-state index contributed by atoms with van der Waals surface area (Å²) in [6.45, 7) is 7.09. The molecule has 2 rings (SSSR count). The average molecular weight is 383 g/mol. The zero-order valence-electron chi connectivity index (χ0n) is 16.5. The Morgan fingerprint density at radius 1 is 0.964 bits per heavy atom.